The summed E-state index contributed by atoms with van der Waals surface area (Å²) in [7, 11) is 0. The minimum atomic E-state index is 0.169. The zero-order chi connectivity index (χ0) is 11.1. The average Bonchev–Trinajstić information content (AvgIpc) is 2.25. The fourth-order valence-corrected chi connectivity index (χ4v) is 2.19. The molecule has 0 aliphatic heterocycles. The Balaban J connectivity index is 2.42. The van der Waals surface area contributed by atoms with E-state index in [9.17, 15) is 0 Å². The second-order valence-corrected chi connectivity index (χ2v) is 4.53. The van der Waals surface area contributed by atoms with Gasteiger partial charge in [0, 0.05) is 23.1 Å². The molecule has 0 saturated heterocycles. The SMILES string of the molecule is CC#CCC(N)CSc1ccccc1C. The Morgan fingerprint density at radius 1 is 1.40 bits per heavy atom. The summed E-state index contributed by atoms with van der Waals surface area (Å²) in [5.74, 6) is 6.81. The van der Waals surface area contributed by atoms with Crippen LogP contribution in [0.3, 0.4) is 0 Å². The van der Waals surface area contributed by atoms with Crippen LogP contribution in [-0.2, 0) is 0 Å². The van der Waals surface area contributed by atoms with Crippen molar-refractivity contribution < 1.29 is 0 Å². The van der Waals surface area contributed by atoms with Gasteiger partial charge < -0.3 is 5.73 Å². The number of rotatable bonds is 4. The van der Waals surface area contributed by atoms with Crippen LogP contribution in [0.1, 0.15) is 18.9 Å². The Morgan fingerprint density at radius 2 is 2.13 bits per heavy atom. The van der Waals surface area contributed by atoms with E-state index in [-0.39, 0.29) is 6.04 Å². The van der Waals surface area contributed by atoms with Crippen molar-refractivity contribution in [3.63, 3.8) is 0 Å². The highest BCUT2D eigenvalue weighted by Crippen LogP contribution is 2.22. The third-order valence-electron chi connectivity index (χ3n) is 2.09. The van der Waals surface area contributed by atoms with Crippen molar-refractivity contribution in [2.75, 3.05) is 5.75 Å². The van der Waals surface area contributed by atoms with Crippen LogP contribution in [0.25, 0.3) is 0 Å². The molecule has 0 fully saturated rings. The number of hydrogen-bond donors (Lipinski definition) is 1. The molecule has 0 heterocycles. The molecule has 0 radical (unpaired) electrons. The number of nitrogens with two attached hydrogens (primary N) is 1. The van der Waals surface area contributed by atoms with Gasteiger partial charge in [0.25, 0.3) is 0 Å². The highest BCUT2D eigenvalue weighted by atomic mass is 32.2. The first kappa shape index (κ1) is 12.2. The predicted octanol–water partition coefficient (Wildman–Crippen LogP) is 2.83. The maximum atomic E-state index is 5.93. The van der Waals surface area contributed by atoms with Gasteiger partial charge in [0.2, 0.25) is 0 Å². The van der Waals surface area contributed by atoms with Gasteiger partial charge in [-0.1, -0.05) is 18.2 Å². The summed E-state index contributed by atoms with van der Waals surface area (Å²) in [5, 5.41) is 0. The van der Waals surface area contributed by atoms with E-state index in [0.717, 1.165) is 12.2 Å². The Morgan fingerprint density at radius 3 is 2.80 bits per heavy atom. The molecule has 0 bridgehead atoms. The molecule has 2 heteroatoms. The van der Waals surface area contributed by atoms with Gasteiger partial charge in [0.15, 0.2) is 0 Å². The highest BCUT2D eigenvalue weighted by molar-refractivity contribution is 7.99. The molecule has 1 atom stereocenters. The third kappa shape index (κ3) is 4.42. The summed E-state index contributed by atoms with van der Waals surface area (Å²) < 4.78 is 0. The number of hydrogen-bond acceptors (Lipinski definition) is 2. The molecule has 1 aromatic carbocycles. The van der Waals surface area contributed by atoms with Crippen LogP contribution in [0.15, 0.2) is 29.2 Å². The summed E-state index contributed by atoms with van der Waals surface area (Å²) in [4.78, 5) is 1.32. The first-order chi connectivity index (χ1) is 7.24. The number of thioether (sulfide) groups is 1. The summed E-state index contributed by atoms with van der Waals surface area (Å²) >= 11 is 1.81. The van der Waals surface area contributed by atoms with Crippen LogP contribution < -0.4 is 5.73 Å². The van der Waals surface area contributed by atoms with E-state index >= 15 is 0 Å². The lowest BCUT2D eigenvalue weighted by Gasteiger charge is -2.09. The largest absolute Gasteiger partial charge is 0.326 e. The first-order valence-electron chi connectivity index (χ1n) is 5.07. The van der Waals surface area contributed by atoms with Crippen molar-refractivity contribution in [1.82, 2.24) is 0 Å². The Bertz CT molecular complexity index is 362. The Hall–Kier alpha value is -0.910. The molecular weight excluding hydrogens is 202 g/mol. The third-order valence-corrected chi connectivity index (χ3v) is 3.45. The van der Waals surface area contributed by atoms with Crippen molar-refractivity contribution in [3.8, 4) is 11.8 Å². The molecule has 0 aliphatic rings. The molecule has 0 saturated carbocycles. The Kier molecular flexibility index (Phi) is 5.31. The normalized spacial score (nSPS) is 11.7. The lowest BCUT2D eigenvalue weighted by molar-refractivity contribution is 0.782. The van der Waals surface area contributed by atoms with E-state index < -0.39 is 0 Å². The number of aryl methyl sites for hydroxylation is 1. The van der Waals surface area contributed by atoms with Crippen LogP contribution in [0.4, 0.5) is 0 Å². The predicted molar refractivity (Wildman–Crippen MR) is 67.9 cm³/mol. The van der Waals surface area contributed by atoms with Crippen LogP contribution in [0.5, 0.6) is 0 Å². The maximum absolute atomic E-state index is 5.93. The molecule has 0 spiro atoms. The van der Waals surface area contributed by atoms with Crippen LogP contribution in [-0.4, -0.2) is 11.8 Å². The lowest BCUT2D eigenvalue weighted by Crippen LogP contribution is -2.21. The van der Waals surface area contributed by atoms with Crippen molar-refractivity contribution in [1.29, 1.82) is 0 Å². The molecule has 1 aromatic rings. The fraction of sp³-hybridized carbons (Fsp3) is 0.385. The van der Waals surface area contributed by atoms with E-state index in [1.165, 1.54) is 10.5 Å². The topological polar surface area (TPSA) is 26.0 Å². The molecule has 0 aromatic heterocycles. The van der Waals surface area contributed by atoms with Crippen LogP contribution >= 0.6 is 11.8 Å². The van der Waals surface area contributed by atoms with Gasteiger partial charge in [-0.05, 0) is 25.5 Å². The van der Waals surface area contributed by atoms with Gasteiger partial charge in [-0.15, -0.1) is 23.6 Å². The van der Waals surface area contributed by atoms with Crippen molar-refractivity contribution in [2.45, 2.75) is 31.2 Å². The second kappa shape index (κ2) is 6.55. The second-order valence-electron chi connectivity index (χ2n) is 3.47. The molecule has 1 unspecified atom stereocenters. The van der Waals surface area contributed by atoms with Crippen molar-refractivity contribution >= 4 is 11.8 Å². The quantitative estimate of drug-likeness (QED) is 0.622. The van der Waals surface area contributed by atoms with E-state index in [0.29, 0.717) is 0 Å². The van der Waals surface area contributed by atoms with E-state index in [1.807, 2.05) is 18.7 Å². The average molecular weight is 219 g/mol. The summed E-state index contributed by atoms with van der Waals surface area (Å²) in [6.07, 6.45) is 0.787. The smallest absolute Gasteiger partial charge is 0.0249 e. The number of benzene rings is 1. The Labute approximate surface area is 96.4 Å². The molecule has 2 N–H and O–H groups in total. The van der Waals surface area contributed by atoms with Crippen LogP contribution in [0, 0.1) is 18.8 Å². The molecule has 15 heavy (non-hydrogen) atoms. The van der Waals surface area contributed by atoms with Gasteiger partial charge in [-0.3, -0.25) is 0 Å². The molecule has 0 amide bonds. The molecule has 0 aliphatic carbocycles. The summed E-state index contributed by atoms with van der Waals surface area (Å²) in [6.45, 7) is 3.97. The zero-order valence-electron chi connectivity index (χ0n) is 9.29. The van der Waals surface area contributed by atoms with E-state index in [2.05, 4.69) is 43.0 Å². The van der Waals surface area contributed by atoms with E-state index in [1.54, 1.807) is 0 Å². The van der Waals surface area contributed by atoms with Crippen molar-refractivity contribution in [3.05, 3.63) is 29.8 Å². The minimum absolute atomic E-state index is 0.169. The fourth-order valence-electron chi connectivity index (χ4n) is 1.21. The van der Waals surface area contributed by atoms with Gasteiger partial charge in [0.1, 0.15) is 0 Å². The summed E-state index contributed by atoms with van der Waals surface area (Å²) in [5.41, 5.74) is 7.25. The highest BCUT2D eigenvalue weighted by Gasteiger charge is 2.03. The lowest BCUT2D eigenvalue weighted by atomic mass is 10.2. The molecule has 80 valence electrons. The monoisotopic (exact) mass is 219 g/mol. The molecule has 1 nitrogen and oxygen atoms in total. The van der Waals surface area contributed by atoms with Gasteiger partial charge >= 0.3 is 0 Å². The van der Waals surface area contributed by atoms with Crippen molar-refractivity contribution in [2.24, 2.45) is 5.73 Å². The van der Waals surface area contributed by atoms with Gasteiger partial charge in [-0.25, -0.2) is 0 Å². The molecular formula is C13H17NS. The molecule has 1 rings (SSSR count). The maximum Gasteiger partial charge on any atom is 0.0249 e. The van der Waals surface area contributed by atoms with Crippen LogP contribution in [0.2, 0.25) is 0 Å². The standard InChI is InChI=1S/C13H17NS/c1-3-4-8-12(14)10-15-13-9-6-5-7-11(13)2/h5-7,9,12H,8,10,14H2,1-2H3. The van der Waals surface area contributed by atoms with E-state index in [4.69, 9.17) is 5.73 Å². The zero-order valence-corrected chi connectivity index (χ0v) is 10.1. The van der Waals surface area contributed by atoms with Gasteiger partial charge in [-0.2, -0.15) is 0 Å². The first-order valence-corrected chi connectivity index (χ1v) is 6.06. The minimum Gasteiger partial charge on any atom is -0.326 e. The summed E-state index contributed by atoms with van der Waals surface area (Å²) in [6, 6.07) is 8.55. The van der Waals surface area contributed by atoms with Gasteiger partial charge in [0.05, 0.1) is 0 Å².